The van der Waals surface area contributed by atoms with Gasteiger partial charge in [-0.3, -0.25) is 14.4 Å². The fourth-order valence-corrected chi connectivity index (χ4v) is 1.97. The van der Waals surface area contributed by atoms with Gasteiger partial charge in [-0.25, -0.2) is 0 Å². The van der Waals surface area contributed by atoms with Crippen molar-refractivity contribution in [3.63, 3.8) is 0 Å². The van der Waals surface area contributed by atoms with E-state index in [1.165, 1.54) is 13.0 Å². The summed E-state index contributed by atoms with van der Waals surface area (Å²) in [7, 11) is 0. The molecule has 0 aromatic heterocycles. The number of esters is 1. The number of nitrogens with two attached hydrogens (primary N) is 1. The summed E-state index contributed by atoms with van der Waals surface area (Å²) < 4.78 is 12.8. The molecule has 0 aliphatic rings. The normalized spacial score (nSPS) is 13.4. The zero-order valence-electron chi connectivity index (χ0n) is 15.3. The summed E-state index contributed by atoms with van der Waals surface area (Å²) in [5.41, 5.74) is 6.14. The maximum absolute atomic E-state index is 12.1. The van der Waals surface area contributed by atoms with Crippen molar-refractivity contribution in [2.45, 2.75) is 38.5 Å². The van der Waals surface area contributed by atoms with Crippen LogP contribution in [0.15, 0.2) is 43.0 Å². The Balaban J connectivity index is 2.47. The molecule has 25 heavy (non-hydrogen) atoms. The molecule has 0 unspecified atom stereocenters. The molecular formula is C18H25N3O4. The first kappa shape index (κ1) is 18.7. The van der Waals surface area contributed by atoms with Gasteiger partial charge in [0, 0.05) is 13.0 Å². The maximum Gasteiger partial charge on any atom is 0.306 e. The van der Waals surface area contributed by atoms with Crippen LogP contribution in [0, 0.1) is 0 Å². The molecule has 7 heteroatoms. The minimum Gasteiger partial charge on any atom is -0.461 e. The molecule has 1 rings (SSSR count). The Labute approximate surface area is 149 Å². The first-order valence-electron chi connectivity index (χ1n) is 8.45. The van der Waals surface area contributed by atoms with Crippen molar-refractivity contribution >= 4 is 17.8 Å². The van der Waals surface area contributed by atoms with Crippen LogP contribution < -0.4 is 16.4 Å². The fraction of sp³-hybridized carbons (Fsp3) is 0.389. The number of ether oxygens (including phenoxy) is 1. The number of hydrogen-bond donors (Lipinski definition) is 3. The number of carbonyl (C=O) groups excluding carboxylic acids is 3. The van der Waals surface area contributed by atoms with Gasteiger partial charge in [0.2, 0.25) is 11.8 Å². The van der Waals surface area contributed by atoms with Crippen molar-refractivity contribution < 1.29 is 20.5 Å². The number of rotatable bonds is 11. The molecule has 2 amide bonds. The van der Waals surface area contributed by atoms with Gasteiger partial charge in [0.05, 0.1) is 6.04 Å². The van der Waals surface area contributed by atoms with Crippen molar-refractivity contribution in [2.75, 3.05) is 6.54 Å². The predicted molar refractivity (Wildman–Crippen MR) is 94.3 cm³/mol. The highest BCUT2D eigenvalue weighted by molar-refractivity contribution is 5.89. The molecule has 0 fully saturated rings. The van der Waals surface area contributed by atoms with Crippen LogP contribution in [0.5, 0.6) is 0 Å². The van der Waals surface area contributed by atoms with Crippen LogP contribution in [0.3, 0.4) is 0 Å². The highest BCUT2D eigenvalue weighted by atomic mass is 16.5. The van der Waals surface area contributed by atoms with Crippen LogP contribution in [-0.4, -0.2) is 36.4 Å². The molecule has 0 aliphatic heterocycles. The van der Waals surface area contributed by atoms with E-state index in [2.05, 4.69) is 11.9 Å². The molecule has 136 valence electrons. The Hall–Kier alpha value is -2.67. The summed E-state index contributed by atoms with van der Waals surface area (Å²) in [5.74, 6) is -1.76. The lowest BCUT2D eigenvalue weighted by atomic mass is 10.1. The van der Waals surface area contributed by atoms with Crippen LogP contribution in [-0.2, 0) is 25.7 Å². The van der Waals surface area contributed by atoms with Gasteiger partial charge in [0.25, 0.3) is 0 Å². The Kier molecular flexibility index (Phi) is 8.20. The molecule has 4 N–H and O–H groups in total. The van der Waals surface area contributed by atoms with E-state index < -0.39 is 29.9 Å². The van der Waals surface area contributed by atoms with E-state index in [9.17, 15) is 14.4 Å². The lowest BCUT2D eigenvalue weighted by Crippen LogP contribution is -2.51. The Bertz CT molecular complexity index is 624. The second-order valence-electron chi connectivity index (χ2n) is 5.48. The maximum atomic E-state index is 12.1. The van der Waals surface area contributed by atoms with Crippen molar-refractivity contribution in [2.24, 2.45) is 5.73 Å². The van der Waals surface area contributed by atoms with E-state index in [4.69, 9.17) is 11.9 Å². The van der Waals surface area contributed by atoms with Gasteiger partial charge in [-0.05, 0) is 18.9 Å². The molecule has 0 saturated heterocycles. The second-order valence-corrected chi connectivity index (χ2v) is 5.48. The number of benzene rings is 1. The standard InChI is InChI=1S/C18H25N3O4/c1-3-11-20-13(2)18(24)21-15(17(19)23)9-10-16(22)25-12-14-7-5-4-6-8-14/h3-8,13,15,20H,1,9-12H2,2H3,(H2,19,23)(H,21,24)/t13-,15-/m0/s1/i/hD. The summed E-state index contributed by atoms with van der Waals surface area (Å²) in [6.07, 6.45) is 1.46. The average molecular weight is 348 g/mol. The second kappa shape index (κ2) is 11.0. The van der Waals surface area contributed by atoms with Crippen molar-refractivity contribution in [3.05, 3.63) is 48.6 Å². The molecule has 1 aromatic carbocycles. The van der Waals surface area contributed by atoms with E-state index in [0.717, 1.165) is 10.9 Å². The first-order chi connectivity index (χ1) is 12.3. The fourth-order valence-electron chi connectivity index (χ4n) is 1.97. The largest absolute Gasteiger partial charge is 0.461 e. The van der Waals surface area contributed by atoms with Crippen LogP contribution in [0.25, 0.3) is 0 Å². The van der Waals surface area contributed by atoms with E-state index in [1.54, 1.807) is 0 Å². The lowest BCUT2D eigenvalue weighted by Gasteiger charge is -2.18. The van der Waals surface area contributed by atoms with E-state index in [1.807, 2.05) is 30.3 Å². The van der Waals surface area contributed by atoms with Crippen LogP contribution in [0.4, 0.5) is 0 Å². The van der Waals surface area contributed by atoms with E-state index >= 15 is 0 Å². The lowest BCUT2D eigenvalue weighted by molar-refractivity contribution is -0.145. The molecule has 1 aromatic rings. The van der Waals surface area contributed by atoms with Gasteiger partial charge >= 0.3 is 5.97 Å². The monoisotopic (exact) mass is 348 g/mol. The Morgan fingerprint density at radius 3 is 2.64 bits per heavy atom. The average Bonchev–Trinajstić information content (AvgIpc) is 2.63. The van der Waals surface area contributed by atoms with Crippen molar-refractivity contribution in [3.8, 4) is 0 Å². The summed E-state index contributed by atoms with van der Waals surface area (Å²) in [5, 5.41) is 3.49. The predicted octanol–water partition coefficient (Wildman–Crippen LogP) is 0.644. The van der Waals surface area contributed by atoms with E-state index in [0.29, 0.717) is 0 Å². The third-order valence-corrected chi connectivity index (χ3v) is 3.43. The highest BCUT2D eigenvalue weighted by Crippen LogP contribution is 2.04. The Morgan fingerprint density at radius 1 is 1.36 bits per heavy atom. The number of nitrogens with one attached hydrogen (secondary N) is 2. The quantitative estimate of drug-likeness (QED) is 0.402. The topological polar surface area (TPSA) is 111 Å². The number of amides is 2. The molecule has 0 bridgehead atoms. The third-order valence-electron chi connectivity index (χ3n) is 3.43. The molecule has 0 radical (unpaired) electrons. The highest BCUT2D eigenvalue weighted by Gasteiger charge is 2.22. The van der Waals surface area contributed by atoms with Crippen LogP contribution in [0.2, 0.25) is 1.41 Å². The molecule has 0 aliphatic carbocycles. The van der Waals surface area contributed by atoms with Crippen LogP contribution >= 0.6 is 0 Å². The number of hydrogen-bond acceptors (Lipinski definition) is 5. The summed E-state index contributed by atoms with van der Waals surface area (Å²) in [6, 6.07) is 7.40. The van der Waals surface area contributed by atoms with Crippen LogP contribution in [0.1, 0.15) is 25.3 Å². The van der Waals surface area contributed by atoms with E-state index in [-0.39, 0.29) is 26.0 Å². The number of primary amides is 1. The Morgan fingerprint density at radius 2 is 2.04 bits per heavy atom. The molecule has 2 atom stereocenters. The minimum atomic E-state index is -1.01. The van der Waals surface area contributed by atoms with Gasteiger partial charge in [-0.2, -0.15) is 0 Å². The molecule has 0 spiro atoms. The zero-order valence-corrected chi connectivity index (χ0v) is 14.3. The minimum absolute atomic E-state index is 0.0286. The first-order valence-corrected chi connectivity index (χ1v) is 8.00. The van der Waals surface area contributed by atoms with Gasteiger partial charge in [0.1, 0.15) is 14.1 Å². The molecule has 0 saturated carbocycles. The SMILES string of the molecule is [2H]N(CC=C)[C@@H](C)C(=O)N[C@@H](CCC(=O)OCc1ccccc1)C(N)=O. The molecule has 0 heterocycles. The smallest absolute Gasteiger partial charge is 0.306 e. The van der Waals surface area contributed by atoms with Gasteiger partial charge < -0.3 is 21.1 Å². The molecule has 7 nitrogen and oxygen atoms in total. The summed E-state index contributed by atoms with van der Waals surface area (Å²) in [4.78, 5) is 35.4. The zero-order chi connectivity index (χ0) is 19.5. The van der Waals surface area contributed by atoms with Crippen molar-refractivity contribution in [1.82, 2.24) is 10.6 Å². The van der Waals surface area contributed by atoms with Gasteiger partial charge in [-0.1, -0.05) is 36.4 Å². The van der Waals surface area contributed by atoms with Gasteiger partial charge in [-0.15, -0.1) is 6.58 Å². The summed E-state index contributed by atoms with van der Waals surface area (Å²) >= 11 is 0. The van der Waals surface area contributed by atoms with Crippen molar-refractivity contribution in [1.29, 1.82) is 0 Å². The third kappa shape index (κ3) is 8.12. The summed E-state index contributed by atoms with van der Waals surface area (Å²) in [6.45, 7) is 5.36. The number of carbonyl (C=O) groups is 3. The van der Waals surface area contributed by atoms with Gasteiger partial charge in [0.15, 0.2) is 0 Å². The molecular weight excluding hydrogens is 322 g/mol.